The first-order chi connectivity index (χ1) is 18.8. The van der Waals surface area contributed by atoms with Crippen LogP contribution in [0.5, 0.6) is 0 Å². The maximum Gasteiger partial charge on any atom is 0.338 e. The van der Waals surface area contributed by atoms with E-state index in [2.05, 4.69) is 12.2 Å². The van der Waals surface area contributed by atoms with Crippen LogP contribution in [-0.2, 0) is 37.9 Å². The second-order valence-electron chi connectivity index (χ2n) is 7.97. The molecule has 0 aliphatic heterocycles. The summed E-state index contributed by atoms with van der Waals surface area (Å²) in [6.45, 7) is 8.65. The van der Waals surface area contributed by atoms with Crippen molar-refractivity contribution in [3.63, 3.8) is 0 Å². The van der Waals surface area contributed by atoms with Gasteiger partial charge in [-0.05, 0) is 30.7 Å². The highest BCUT2D eigenvalue weighted by atomic mass is 19.1. The van der Waals surface area contributed by atoms with Crippen molar-refractivity contribution in [2.24, 2.45) is 0 Å². The Morgan fingerprint density at radius 3 is 1.42 bits per heavy atom. The number of hydrogen-bond donors (Lipinski definition) is 1. The van der Waals surface area contributed by atoms with Crippen molar-refractivity contribution in [3.8, 4) is 0 Å². The summed E-state index contributed by atoms with van der Waals surface area (Å²) in [7, 11) is 0. The molecule has 0 bridgehead atoms. The van der Waals surface area contributed by atoms with Crippen LogP contribution in [0.4, 0.5) is 10.1 Å². The number of rotatable bonds is 28. The first kappa shape index (κ1) is 34.2. The molecule has 10 nitrogen and oxygen atoms in total. The van der Waals surface area contributed by atoms with Crippen molar-refractivity contribution >= 4 is 11.7 Å². The Balaban J connectivity index is 1.78. The lowest BCUT2D eigenvalue weighted by Crippen LogP contribution is -2.15. The molecule has 1 aromatic carbocycles. The smallest absolute Gasteiger partial charge is 0.338 e. The van der Waals surface area contributed by atoms with Gasteiger partial charge in [0, 0.05) is 12.2 Å². The highest BCUT2D eigenvalue weighted by molar-refractivity contribution is 5.89. The number of carbonyl (C=O) groups excluding carboxylic acids is 1. The van der Waals surface area contributed by atoms with Crippen molar-refractivity contribution in [1.29, 1.82) is 0 Å². The van der Waals surface area contributed by atoms with E-state index in [1.165, 1.54) is 0 Å². The highest BCUT2D eigenvalue weighted by Gasteiger charge is 2.06. The zero-order valence-electron chi connectivity index (χ0n) is 22.8. The average molecular weight is 548 g/mol. The second kappa shape index (κ2) is 26.7. The first-order valence-electron chi connectivity index (χ1n) is 13.4. The van der Waals surface area contributed by atoms with Crippen molar-refractivity contribution < 1.29 is 47.1 Å². The van der Waals surface area contributed by atoms with E-state index >= 15 is 0 Å². The van der Waals surface area contributed by atoms with E-state index in [1.807, 2.05) is 12.1 Å². The van der Waals surface area contributed by atoms with Crippen molar-refractivity contribution in [2.75, 3.05) is 118 Å². The summed E-state index contributed by atoms with van der Waals surface area (Å²) in [6, 6.07) is 7.27. The minimum absolute atomic E-state index is 0.110. The van der Waals surface area contributed by atoms with Gasteiger partial charge in [0.2, 0.25) is 0 Å². The van der Waals surface area contributed by atoms with E-state index in [4.69, 9.17) is 37.9 Å². The fourth-order valence-electron chi connectivity index (χ4n) is 2.89. The molecule has 38 heavy (non-hydrogen) atoms. The Bertz CT molecular complexity index is 652. The molecule has 0 aromatic heterocycles. The topological polar surface area (TPSA) is 103 Å². The summed E-state index contributed by atoms with van der Waals surface area (Å²) in [4.78, 5) is 12.1. The molecule has 0 unspecified atom stereocenters. The molecular formula is C27H46FNO9. The molecule has 11 heteroatoms. The normalized spacial score (nSPS) is 11.1. The van der Waals surface area contributed by atoms with E-state index < -0.39 is 6.67 Å². The average Bonchev–Trinajstić information content (AvgIpc) is 2.94. The fraction of sp³-hybridized carbons (Fsp3) is 0.741. The van der Waals surface area contributed by atoms with Crippen LogP contribution in [-0.4, -0.2) is 118 Å². The van der Waals surface area contributed by atoms with Crippen LogP contribution in [0.2, 0.25) is 0 Å². The van der Waals surface area contributed by atoms with Gasteiger partial charge < -0.3 is 43.2 Å². The molecule has 0 radical (unpaired) electrons. The highest BCUT2D eigenvalue weighted by Crippen LogP contribution is 2.10. The molecular weight excluding hydrogens is 501 g/mol. The molecule has 0 spiro atoms. The zero-order valence-corrected chi connectivity index (χ0v) is 22.8. The molecule has 0 amide bonds. The van der Waals surface area contributed by atoms with E-state index in [1.54, 1.807) is 12.1 Å². The Morgan fingerprint density at radius 1 is 0.632 bits per heavy atom. The van der Waals surface area contributed by atoms with E-state index in [0.29, 0.717) is 91.5 Å². The molecule has 0 saturated carbocycles. The first-order valence-corrected chi connectivity index (χ1v) is 13.4. The monoisotopic (exact) mass is 547 g/mol. The number of hydrogen-bond acceptors (Lipinski definition) is 10. The lowest BCUT2D eigenvalue weighted by atomic mass is 10.2. The summed E-state index contributed by atoms with van der Waals surface area (Å²) in [5.41, 5.74) is 1.51. The van der Waals surface area contributed by atoms with Crippen LogP contribution in [0.15, 0.2) is 24.3 Å². The quantitative estimate of drug-likeness (QED) is 0.124. The van der Waals surface area contributed by atoms with Gasteiger partial charge in [-0.25, -0.2) is 9.18 Å². The van der Waals surface area contributed by atoms with Crippen LogP contribution in [0.25, 0.3) is 0 Å². The maximum atomic E-state index is 12.1. The minimum Gasteiger partial charge on any atom is -0.460 e. The van der Waals surface area contributed by atoms with Crippen LogP contribution in [0, 0.1) is 0 Å². The van der Waals surface area contributed by atoms with Gasteiger partial charge in [0.05, 0.1) is 98.1 Å². The number of esters is 1. The number of benzene rings is 1. The third kappa shape index (κ3) is 21.1. The SMILES string of the molecule is CCCCNc1ccc(C(=O)OCCOCCOCCOCCOCCOCCOCCOCCF)cc1. The summed E-state index contributed by atoms with van der Waals surface area (Å²) in [5, 5.41) is 3.31. The predicted octanol–water partition coefficient (Wildman–Crippen LogP) is 3.14. The van der Waals surface area contributed by atoms with E-state index in [0.717, 1.165) is 25.1 Å². The molecule has 0 saturated heterocycles. The van der Waals surface area contributed by atoms with Gasteiger partial charge in [0.1, 0.15) is 13.3 Å². The van der Waals surface area contributed by atoms with Crippen LogP contribution in [0.1, 0.15) is 30.1 Å². The third-order valence-electron chi connectivity index (χ3n) is 4.89. The number of nitrogens with one attached hydrogen (secondary N) is 1. The standard InChI is InChI=1S/C27H46FNO9/c1-2-3-9-29-26-6-4-25(5-7-26)27(30)38-24-23-37-22-21-36-20-19-35-18-17-34-16-15-33-14-13-32-12-11-31-10-8-28/h4-7,29H,2-3,8-24H2,1H3. The lowest BCUT2D eigenvalue weighted by Gasteiger charge is -2.09. The van der Waals surface area contributed by atoms with Gasteiger partial charge in [-0.2, -0.15) is 0 Å². The lowest BCUT2D eigenvalue weighted by molar-refractivity contribution is -0.0225. The molecule has 0 heterocycles. The van der Waals surface area contributed by atoms with E-state index in [-0.39, 0.29) is 19.2 Å². The summed E-state index contributed by atoms with van der Waals surface area (Å²) >= 11 is 0. The molecule has 0 fully saturated rings. The second-order valence-corrected chi connectivity index (χ2v) is 7.97. The molecule has 0 aliphatic rings. The van der Waals surface area contributed by atoms with Gasteiger partial charge >= 0.3 is 5.97 Å². The van der Waals surface area contributed by atoms with Crippen LogP contribution in [0.3, 0.4) is 0 Å². The molecule has 1 aromatic rings. The Kier molecular flexibility index (Phi) is 24.0. The van der Waals surface area contributed by atoms with Gasteiger partial charge in [-0.3, -0.25) is 0 Å². The third-order valence-corrected chi connectivity index (χ3v) is 4.89. The molecule has 0 atom stereocenters. The summed E-state index contributed by atoms with van der Waals surface area (Å²) in [5.74, 6) is -0.363. The Hall–Kier alpha value is -1.86. The predicted molar refractivity (Wildman–Crippen MR) is 142 cm³/mol. The Morgan fingerprint density at radius 2 is 1.03 bits per heavy atom. The number of anilines is 1. The number of carbonyl (C=O) groups is 1. The number of ether oxygens (including phenoxy) is 8. The van der Waals surface area contributed by atoms with Gasteiger partial charge in [0.25, 0.3) is 0 Å². The molecule has 1 N–H and O–H groups in total. The number of unbranched alkanes of at least 4 members (excludes halogenated alkanes) is 1. The fourth-order valence-corrected chi connectivity index (χ4v) is 2.89. The van der Waals surface area contributed by atoms with Crippen molar-refractivity contribution in [2.45, 2.75) is 19.8 Å². The number of halogens is 1. The molecule has 220 valence electrons. The number of alkyl halides is 1. The summed E-state index contributed by atoms with van der Waals surface area (Å²) < 4.78 is 54.3. The molecule has 1 rings (SSSR count). The Labute approximate surface area is 226 Å². The van der Waals surface area contributed by atoms with Crippen molar-refractivity contribution in [1.82, 2.24) is 0 Å². The van der Waals surface area contributed by atoms with Gasteiger partial charge in [-0.15, -0.1) is 0 Å². The zero-order chi connectivity index (χ0) is 27.4. The van der Waals surface area contributed by atoms with Gasteiger partial charge in [0.15, 0.2) is 0 Å². The maximum absolute atomic E-state index is 12.1. The van der Waals surface area contributed by atoms with Crippen LogP contribution >= 0.6 is 0 Å². The van der Waals surface area contributed by atoms with Gasteiger partial charge in [-0.1, -0.05) is 13.3 Å². The molecule has 0 aliphatic carbocycles. The van der Waals surface area contributed by atoms with Crippen LogP contribution < -0.4 is 5.32 Å². The largest absolute Gasteiger partial charge is 0.460 e. The van der Waals surface area contributed by atoms with Crippen molar-refractivity contribution in [3.05, 3.63) is 29.8 Å². The minimum atomic E-state index is -0.477. The summed E-state index contributed by atoms with van der Waals surface area (Å²) in [6.07, 6.45) is 2.24. The van der Waals surface area contributed by atoms with E-state index in [9.17, 15) is 9.18 Å².